The standard InChI is InChI=1S/C43H61N3O11/c1-12-33-43(8)38(56-41(50)57-43)26(4)34(45-52-19-15-17-30-23-44-22-29-16-13-14-18-31(29)30)24(2)21-42(7,51-11)37(27(5)35(47)28(6)39(49)54-33)55-40-36(48)32(46(9)10)20-25(3)53-40/h13-18,22-28,32-33,36-38,40,48H,12,19-21H2,1-11H3/b17-15+,45-34+/t24-,25-,26+,27+,28-,32+,33-,36-,37-,38-,40+,42-,43-/m1/s1. The Labute approximate surface area is 336 Å². The number of rotatable bonds is 9. The number of hydrogen-bond donors (Lipinski definition) is 1. The van der Waals surface area contributed by atoms with Crippen LogP contribution in [-0.4, -0.2) is 120 Å². The molecule has 1 aromatic heterocycles. The highest BCUT2D eigenvalue weighted by molar-refractivity contribution is 6.00. The number of cyclic esters (lactones) is 1. The summed E-state index contributed by atoms with van der Waals surface area (Å²) in [6, 6.07) is 7.69. The second-order valence-electron chi connectivity index (χ2n) is 16.5. The van der Waals surface area contributed by atoms with Crippen molar-refractivity contribution in [1.29, 1.82) is 0 Å². The van der Waals surface area contributed by atoms with Gasteiger partial charge < -0.3 is 43.3 Å². The lowest BCUT2D eigenvalue weighted by Crippen LogP contribution is -2.59. The van der Waals surface area contributed by atoms with E-state index in [1.807, 2.05) is 89.3 Å². The Bertz CT molecular complexity index is 1800. The zero-order valence-corrected chi connectivity index (χ0v) is 35.2. The lowest BCUT2D eigenvalue weighted by molar-refractivity contribution is -0.295. The van der Waals surface area contributed by atoms with E-state index in [1.165, 1.54) is 14.0 Å². The van der Waals surface area contributed by atoms with Crippen molar-refractivity contribution in [2.45, 2.75) is 129 Å². The minimum absolute atomic E-state index is 0.110. The second kappa shape index (κ2) is 18.3. The predicted octanol–water partition coefficient (Wildman–Crippen LogP) is 5.97. The quantitative estimate of drug-likeness (QED) is 0.137. The zero-order valence-electron chi connectivity index (χ0n) is 35.2. The molecule has 3 saturated heterocycles. The van der Waals surface area contributed by atoms with Crippen molar-refractivity contribution >= 4 is 40.5 Å². The molecule has 1 N–H and O–H groups in total. The van der Waals surface area contributed by atoms with Crippen LogP contribution < -0.4 is 0 Å². The van der Waals surface area contributed by atoms with Crippen LogP contribution in [0.15, 0.2) is 47.9 Å². The molecule has 314 valence electrons. The largest absolute Gasteiger partial charge is 0.509 e. The van der Waals surface area contributed by atoms with Gasteiger partial charge in [0, 0.05) is 54.2 Å². The van der Waals surface area contributed by atoms with E-state index in [0.29, 0.717) is 12.1 Å². The molecule has 5 rings (SSSR count). The Morgan fingerprint density at radius 3 is 2.44 bits per heavy atom. The molecule has 0 spiro atoms. The Morgan fingerprint density at radius 1 is 1.04 bits per heavy atom. The van der Waals surface area contributed by atoms with Gasteiger partial charge in [-0.05, 0) is 72.5 Å². The van der Waals surface area contributed by atoms with Crippen LogP contribution in [0.4, 0.5) is 4.79 Å². The number of aromatic nitrogens is 1. The molecular formula is C43H61N3O11. The number of pyridine rings is 1. The minimum atomic E-state index is -1.43. The molecule has 13 atom stereocenters. The number of aliphatic hydroxyl groups excluding tert-OH is 1. The number of oxime groups is 1. The molecule has 0 saturated carbocycles. The number of benzene rings is 1. The van der Waals surface area contributed by atoms with Gasteiger partial charge in [0.2, 0.25) is 0 Å². The lowest BCUT2D eigenvalue weighted by Gasteiger charge is -2.47. The van der Waals surface area contributed by atoms with Gasteiger partial charge in [0.05, 0.1) is 23.5 Å². The first-order chi connectivity index (χ1) is 26.9. The molecule has 1 aromatic carbocycles. The molecular weight excluding hydrogens is 734 g/mol. The minimum Gasteiger partial charge on any atom is -0.457 e. The topological polar surface area (TPSA) is 165 Å². The lowest BCUT2D eigenvalue weighted by atomic mass is 9.74. The molecule has 14 heteroatoms. The molecule has 14 nitrogen and oxygen atoms in total. The molecule has 0 amide bonds. The molecule has 3 fully saturated rings. The number of fused-ring (bicyclic) bond motifs is 2. The van der Waals surface area contributed by atoms with Gasteiger partial charge in [-0.2, -0.15) is 0 Å². The molecule has 2 aromatic rings. The van der Waals surface area contributed by atoms with Gasteiger partial charge in [0.25, 0.3) is 0 Å². The van der Waals surface area contributed by atoms with Crippen LogP contribution in [-0.2, 0) is 42.8 Å². The van der Waals surface area contributed by atoms with E-state index in [4.69, 9.17) is 38.4 Å². The number of methoxy groups -OCH3 is 1. The van der Waals surface area contributed by atoms with E-state index in [9.17, 15) is 19.5 Å². The zero-order chi connectivity index (χ0) is 41.8. The summed E-state index contributed by atoms with van der Waals surface area (Å²) < 4.78 is 36.8. The highest BCUT2D eigenvalue weighted by atomic mass is 16.8. The average molecular weight is 796 g/mol. The number of aliphatic hydroxyl groups is 1. The van der Waals surface area contributed by atoms with Gasteiger partial charge in [0.15, 0.2) is 23.8 Å². The summed E-state index contributed by atoms with van der Waals surface area (Å²) >= 11 is 0. The van der Waals surface area contributed by atoms with E-state index >= 15 is 0 Å². The van der Waals surface area contributed by atoms with E-state index < -0.39 is 83.5 Å². The van der Waals surface area contributed by atoms with Gasteiger partial charge in [-0.25, -0.2) is 4.79 Å². The Balaban J connectivity index is 1.55. The number of hydrogen-bond acceptors (Lipinski definition) is 14. The van der Waals surface area contributed by atoms with Crippen molar-refractivity contribution in [2.24, 2.45) is 28.8 Å². The smallest absolute Gasteiger partial charge is 0.457 e. The summed E-state index contributed by atoms with van der Waals surface area (Å²) in [5, 5.41) is 18.3. The number of Topliss-reactive ketones (excluding diaryl/α,β-unsaturated/α-hetero) is 1. The summed E-state index contributed by atoms with van der Waals surface area (Å²) in [4.78, 5) is 53.3. The highest BCUT2D eigenvalue weighted by Crippen LogP contribution is 2.42. The number of carbonyl (C=O) groups is 3. The van der Waals surface area contributed by atoms with Gasteiger partial charge in [-0.3, -0.25) is 14.6 Å². The van der Waals surface area contributed by atoms with E-state index in [-0.39, 0.29) is 31.6 Å². The summed E-state index contributed by atoms with van der Waals surface area (Å²) in [6.07, 6.45) is 2.21. The molecule has 4 heterocycles. The van der Waals surface area contributed by atoms with E-state index in [1.54, 1.807) is 27.0 Å². The molecule has 0 unspecified atom stereocenters. The van der Waals surface area contributed by atoms with E-state index in [0.717, 1.165) is 16.3 Å². The van der Waals surface area contributed by atoms with Crippen molar-refractivity contribution in [3.8, 4) is 0 Å². The van der Waals surface area contributed by atoms with Crippen molar-refractivity contribution < 1.29 is 52.7 Å². The fourth-order valence-corrected chi connectivity index (χ4v) is 8.84. The van der Waals surface area contributed by atoms with Crippen molar-refractivity contribution in [3.05, 3.63) is 48.3 Å². The van der Waals surface area contributed by atoms with Gasteiger partial charge in [-0.1, -0.05) is 63.2 Å². The number of ketones is 1. The maximum atomic E-state index is 14.3. The highest BCUT2D eigenvalue weighted by Gasteiger charge is 2.58. The Hall–Kier alpha value is -3.95. The number of nitrogens with zero attached hydrogens (tertiary/aromatic N) is 3. The van der Waals surface area contributed by atoms with Crippen molar-refractivity contribution in [2.75, 3.05) is 27.8 Å². The van der Waals surface area contributed by atoms with Crippen LogP contribution in [0.25, 0.3) is 16.8 Å². The number of ether oxygens (including phenoxy) is 6. The number of likely N-dealkylation sites (N-methyl/N-ethyl adjacent to an activating group) is 1. The van der Waals surface area contributed by atoms with Crippen LogP contribution >= 0.6 is 0 Å². The summed E-state index contributed by atoms with van der Waals surface area (Å²) in [7, 11) is 5.30. The monoisotopic (exact) mass is 795 g/mol. The normalized spacial score (nSPS) is 37.8. The van der Waals surface area contributed by atoms with Crippen LogP contribution in [0, 0.1) is 23.7 Å². The Kier molecular flexibility index (Phi) is 14.2. The van der Waals surface area contributed by atoms with Gasteiger partial charge in [-0.15, -0.1) is 0 Å². The molecule has 0 bridgehead atoms. The van der Waals surface area contributed by atoms with Crippen molar-refractivity contribution in [1.82, 2.24) is 9.88 Å². The maximum Gasteiger partial charge on any atom is 0.509 e. The molecule has 3 aliphatic heterocycles. The fraction of sp³-hybridized carbons (Fsp3) is 0.651. The van der Waals surface area contributed by atoms with E-state index in [2.05, 4.69) is 4.98 Å². The third-order valence-electron chi connectivity index (χ3n) is 12.1. The van der Waals surface area contributed by atoms with Crippen LogP contribution in [0.5, 0.6) is 0 Å². The maximum absolute atomic E-state index is 14.3. The van der Waals surface area contributed by atoms with Crippen LogP contribution in [0.1, 0.15) is 80.2 Å². The molecule has 57 heavy (non-hydrogen) atoms. The van der Waals surface area contributed by atoms with Crippen LogP contribution in [0.2, 0.25) is 0 Å². The molecule has 0 radical (unpaired) electrons. The Morgan fingerprint density at radius 2 is 1.75 bits per heavy atom. The summed E-state index contributed by atoms with van der Waals surface area (Å²) in [5.74, 6) is -4.42. The van der Waals surface area contributed by atoms with Gasteiger partial charge >= 0.3 is 12.1 Å². The van der Waals surface area contributed by atoms with Gasteiger partial charge in [0.1, 0.15) is 24.7 Å². The van der Waals surface area contributed by atoms with Crippen LogP contribution in [0.3, 0.4) is 0 Å². The SMILES string of the molecule is CC[C@H]1OC(=O)[C@H](C)C(=O)[C@H](C)[C@@H](O[C@@H]2O[C@H](C)C[C@H](N(C)C)[C@H]2O)[C@](C)(OC)C[C@@H](C)/C(=N\OC/C=C/c2cncc3ccccc23)[C@H](C)[C@H]2OC(=O)O[C@@]21C. The second-order valence-corrected chi connectivity index (χ2v) is 16.5. The first kappa shape index (κ1) is 44.2. The number of esters is 1. The summed E-state index contributed by atoms with van der Waals surface area (Å²) in [6.45, 7) is 14.3. The first-order valence-corrected chi connectivity index (χ1v) is 20.0. The first-order valence-electron chi connectivity index (χ1n) is 20.0. The number of carbonyl (C=O) groups excluding carboxylic acids is 3. The third kappa shape index (κ3) is 9.36. The molecule has 0 aliphatic carbocycles. The third-order valence-corrected chi connectivity index (χ3v) is 12.1. The summed E-state index contributed by atoms with van der Waals surface area (Å²) in [5.41, 5.74) is -1.20. The average Bonchev–Trinajstić information content (AvgIpc) is 3.50. The predicted molar refractivity (Wildman–Crippen MR) is 213 cm³/mol. The molecule has 3 aliphatic rings. The van der Waals surface area contributed by atoms with Crippen molar-refractivity contribution in [3.63, 3.8) is 0 Å². The fourth-order valence-electron chi connectivity index (χ4n) is 8.84.